The average Bonchev–Trinajstić information content (AvgIpc) is 2.34. The molecular weight excluding hydrogens is 256 g/mol. The van der Waals surface area contributed by atoms with Gasteiger partial charge in [0.05, 0.1) is 6.04 Å². The summed E-state index contributed by atoms with van der Waals surface area (Å²) < 4.78 is 0. The SMILES string of the molecule is CC(C(N=[N+]=[N-])C1CCCCC1)N(C(=O)O)C(C)(C)C. The molecule has 0 aromatic heterocycles. The molecule has 2 atom stereocenters. The van der Waals surface area contributed by atoms with Crippen LogP contribution in [-0.2, 0) is 0 Å². The third-order valence-electron chi connectivity index (χ3n) is 4.15. The molecule has 0 spiro atoms. The van der Waals surface area contributed by atoms with Gasteiger partial charge in [0.1, 0.15) is 0 Å². The molecule has 6 nitrogen and oxygen atoms in total. The Morgan fingerprint density at radius 2 is 1.90 bits per heavy atom. The maximum absolute atomic E-state index is 11.6. The van der Waals surface area contributed by atoms with E-state index < -0.39 is 11.6 Å². The number of hydrogen-bond donors (Lipinski definition) is 1. The highest BCUT2D eigenvalue weighted by Crippen LogP contribution is 2.32. The Labute approximate surface area is 120 Å². The van der Waals surface area contributed by atoms with Crippen molar-refractivity contribution >= 4 is 6.09 Å². The summed E-state index contributed by atoms with van der Waals surface area (Å²) in [6.07, 6.45) is 4.57. The fourth-order valence-corrected chi connectivity index (χ4v) is 3.34. The molecule has 1 amide bonds. The van der Waals surface area contributed by atoms with Crippen molar-refractivity contribution in [3.05, 3.63) is 10.4 Å². The molecule has 1 rings (SSSR count). The number of carbonyl (C=O) groups is 1. The highest BCUT2D eigenvalue weighted by atomic mass is 16.4. The van der Waals surface area contributed by atoms with Crippen LogP contribution in [-0.4, -0.2) is 33.7 Å². The summed E-state index contributed by atoms with van der Waals surface area (Å²) in [7, 11) is 0. The highest BCUT2D eigenvalue weighted by molar-refractivity contribution is 5.66. The van der Waals surface area contributed by atoms with Crippen molar-refractivity contribution in [3.63, 3.8) is 0 Å². The summed E-state index contributed by atoms with van der Waals surface area (Å²) in [5.74, 6) is 0.291. The molecule has 0 saturated heterocycles. The average molecular weight is 282 g/mol. The topological polar surface area (TPSA) is 89.3 Å². The van der Waals surface area contributed by atoms with E-state index in [1.165, 1.54) is 11.3 Å². The van der Waals surface area contributed by atoms with E-state index in [1.54, 1.807) is 0 Å². The van der Waals surface area contributed by atoms with E-state index in [0.717, 1.165) is 25.7 Å². The van der Waals surface area contributed by atoms with Crippen LogP contribution in [0.25, 0.3) is 10.4 Å². The first-order chi connectivity index (χ1) is 9.29. The molecule has 0 aliphatic heterocycles. The van der Waals surface area contributed by atoms with Gasteiger partial charge in [0, 0.05) is 16.5 Å². The Morgan fingerprint density at radius 3 is 2.30 bits per heavy atom. The summed E-state index contributed by atoms with van der Waals surface area (Å²) in [6, 6.07) is -0.595. The summed E-state index contributed by atoms with van der Waals surface area (Å²) >= 11 is 0. The summed E-state index contributed by atoms with van der Waals surface area (Å²) in [4.78, 5) is 15.9. The van der Waals surface area contributed by atoms with Crippen molar-refractivity contribution in [2.24, 2.45) is 11.0 Å². The molecule has 1 aliphatic carbocycles. The largest absolute Gasteiger partial charge is 0.465 e. The predicted octanol–water partition coefficient (Wildman–Crippen LogP) is 4.41. The van der Waals surface area contributed by atoms with E-state index in [4.69, 9.17) is 5.53 Å². The Bertz CT molecular complexity index is 379. The minimum absolute atomic E-state index is 0.282. The van der Waals surface area contributed by atoms with E-state index in [9.17, 15) is 9.90 Å². The molecule has 114 valence electrons. The number of azide groups is 1. The van der Waals surface area contributed by atoms with Crippen LogP contribution in [0.15, 0.2) is 5.11 Å². The zero-order valence-electron chi connectivity index (χ0n) is 12.9. The molecule has 6 heteroatoms. The van der Waals surface area contributed by atoms with E-state index in [1.807, 2.05) is 27.7 Å². The molecule has 0 bridgehead atoms. The van der Waals surface area contributed by atoms with Crippen LogP contribution in [0.1, 0.15) is 59.8 Å². The van der Waals surface area contributed by atoms with Gasteiger partial charge >= 0.3 is 6.09 Å². The van der Waals surface area contributed by atoms with Crippen molar-refractivity contribution in [2.75, 3.05) is 0 Å². The minimum Gasteiger partial charge on any atom is -0.465 e. The second-order valence-electron chi connectivity index (χ2n) is 6.66. The van der Waals surface area contributed by atoms with Gasteiger partial charge in [0.25, 0.3) is 0 Å². The zero-order chi connectivity index (χ0) is 15.3. The van der Waals surface area contributed by atoms with Crippen LogP contribution in [0, 0.1) is 5.92 Å². The van der Waals surface area contributed by atoms with Gasteiger partial charge in [0.2, 0.25) is 0 Å². The molecule has 2 unspecified atom stereocenters. The smallest absolute Gasteiger partial charge is 0.407 e. The maximum atomic E-state index is 11.6. The lowest BCUT2D eigenvalue weighted by Gasteiger charge is -2.43. The Kier molecular flexibility index (Phi) is 5.69. The van der Waals surface area contributed by atoms with Gasteiger partial charge in [-0.3, -0.25) is 0 Å². The van der Waals surface area contributed by atoms with E-state index in [-0.39, 0.29) is 12.1 Å². The van der Waals surface area contributed by atoms with Crippen LogP contribution in [0.2, 0.25) is 0 Å². The first-order valence-corrected chi connectivity index (χ1v) is 7.35. The van der Waals surface area contributed by atoms with Crippen molar-refractivity contribution in [1.29, 1.82) is 0 Å². The van der Waals surface area contributed by atoms with Crippen LogP contribution in [0.5, 0.6) is 0 Å². The molecule has 1 saturated carbocycles. The molecule has 1 fully saturated rings. The lowest BCUT2D eigenvalue weighted by atomic mass is 9.81. The first-order valence-electron chi connectivity index (χ1n) is 7.35. The molecular formula is C14H26N4O2. The summed E-state index contributed by atoms with van der Waals surface area (Å²) in [5, 5.41) is 13.4. The minimum atomic E-state index is -0.959. The normalized spacial score (nSPS) is 19.8. The van der Waals surface area contributed by atoms with Gasteiger partial charge in [-0.2, -0.15) is 0 Å². The molecule has 1 aliphatic rings. The Balaban J connectivity index is 2.99. The third-order valence-corrected chi connectivity index (χ3v) is 4.15. The second kappa shape index (κ2) is 6.84. The van der Waals surface area contributed by atoms with Crippen LogP contribution in [0.3, 0.4) is 0 Å². The quantitative estimate of drug-likeness (QED) is 0.470. The highest BCUT2D eigenvalue weighted by Gasteiger charge is 2.38. The number of rotatable bonds is 4. The van der Waals surface area contributed by atoms with E-state index in [0.29, 0.717) is 5.92 Å². The predicted molar refractivity (Wildman–Crippen MR) is 78.6 cm³/mol. The van der Waals surface area contributed by atoms with E-state index in [2.05, 4.69) is 10.0 Å². The lowest BCUT2D eigenvalue weighted by molar-refractivity contribution is 0.0560. The molecule has 1 N–H and O–H groups in total. The first kappa shape index (κ1) is 16.6. The summed E-state index contributed by atoms with van der Waals surface area (Å²) in [5.41, 5.74) is 8.32. The lowest BCUT2D eigenvalue weighted by Crippen LogP contribution is -2.55. The van der Waals surface area contributed by atoms with Gasteiger partial charge in [0.15, 0.2) is 0 Å². The van der Waals surface area contributed by atoms with Crippen molar-refractivity contribution < 1.29 is 9.90 Å². The van der Waals surface area contributed by atoms with Gasteiger partial charge in [-0.05, 0) is 52.0 Å². The van der Waals surface area contributed by atoms with Gasteiger partial charge < -0.3 is 10.0 Å². The Hall–Kier alpha value is -1.42. The molecule has 0 aromatic carbocycles. The molecule has 20 heavy (non-hydrogen) atoms. The standard InChI is InChI=1S/C14H26N4O2/c1-10(18(13(19)20)14(2,3)4)12(16-17-15)11-8-6-5-7-9-11/h10-12H,5-9H2,1-4H3,(H,19,20). The van der Waals surface area contributed by atoms with Crippen LogP contribution >= 0.6 is 0 Å². The molecule has 0 radical (unpaired) electrons. The second-order valence-corrected chi connectivity index (χ2v) is 6.66. The molecule has 0 aromatic rings. The van der Waals surface area contributed by atoms with E-state index >= 15 is 0 Å². The number of carboxylic acid groups (broad SMARTS) is 1. The van der Waals surface area contributed by atoms with Crippen molar-refractivity contribution in [2.45, 2.75) is 77.4 Å². The Morgan fingerprint density at radius 1 is 1.35 bits per heavy atom. The number of amides is 1. The van der Waals surface area contributed by atoms with Crippen molar-refractivity contribution in [1.82, 2.24) is 4.90 Å². The van der Waals surface area contributed by atoms with Gasteiger partial charge in [-0.15, -0.1) is 0 Å². The van der Waals surface area contributed by atoms with Crippen LogP contribution < -0.4 is 0 Å². The third kappa shape index (κ3) is 4.04. The van der Waals surface area contributed by atoms with Crippen LogP contribution in [0.4, 0.5) is 4.79 Å². The van der Waals surface area contributed by atoms with Gasteiger partial charge in [-0.25, -0.2) is 4.79 Å². The fraction of sp³-hybridized carbons (Fsp3) is 0.929. The summed E-state index contributed by atoms with van der Waals surface area (Å²) in [6.45, 7) is 7.45. The molecule has 0 heterocycles. The zero-order valence-corrected chi connectivity index (χ0v) is 12.9. The van der Waals surface area contributed by atoms with Crippen molar-refractivity contribution in [3.8, 4) is 0 Å². The fourth-order valence-electron chi connectivity index (χ4n) is 3.34. The number of hydrogen-bond acceptors (Lipinski definition) is 2. The maximum Gasteiger partial charge on any atom is 0.407 e. The number of nitrogens with zero attached hydrogens (tertiary/aromatic N) is 4. The monoisotopic (exact) mass is 282 g/mol. The van der Waals surface area contributed by atoms with Gasteiger partial charge in [-0.1, -0.05) is 24.4 Å².